The van der Waals surface area contributed by atoms with E-state index in [2.05, 4.69) is 12.2 Å². The standard InChI is InChI=1S/C14H23NO/c1-2-3-4-5-6-10-15-14-9-7-8-13(11-14)12-16/h7-9,11,15-16H,2-6,10,12H2,1H3. The summed E-state index contributed by atoms with van der Waals surface area (Å²) in [5, 5.41) is 12.4. The molecule has 0 aliphatic carbocycles. The Morgan fingerprint density at radius 3 is 2.69 bits per heavy atom. The molecule has 0 amide bonds. The minimum Gasteiger partial charge on any atom is -0.392 e. The molecule has 1 aromatic carbocycles. The Balaban J connectivity index is 2.16. The Labute approximate surface area is 98.7 Å². The van der Waals surface area contributed by atoms with Crippen molar-refractivity contribution in [2.45, 2.75) is 45.6 Å². The molecule has 0 aromatic heterocycles. The van der Waals surface area contributed by atoms with Gasteiger partial charge in [0, 0.05) is 12.2 Å². The van der Waals surface area contributed by atoms with Crippen molar-refractivity contribution >= 4 is 5.69 Å². The number of nitrogens with one attached hydrogen (secondary N) is 1. The first-order valence-corrected chi connectivity index (χ1v) is 6.30. The van der Waals surface area contributed by atoms with Gasteiger partial charge in [-0.2, -0.15) is 0 Å². The number of unbranched alkanes of at least 4 members (excludes halogenated alkanes) is 4. The van der Waals surface area contributed by atoms with Gasteiger partial charge >= 0.3 is 0 Å². The topological polar surface area (TPSA) is 32.3 Å². The van der Waals surface area contributed by atoms with E-state index in [1.807, 2.05) is 24.3 Å². The predicted octanol–water partition coefficient (Wildman–Crippen LogP) is 3.56. The Morgan fingerprint density at radius 2 is 1.94 bits per heavy atom. The maximum absolute atomic E-state index is 9.00. The van der Waals surface area contributed by atoms with Crippen LogP contribution in [0.15, 0.2) is 24.3 Å². The minimum atomic E-state index is 0.117. The molecule has 0 heterocycles. The van der Waals surface area contributed by atoms with Gasteiger partial charge in [-0.1, -0.05) is 44.7 Å². The highest BCUT2D eigenvalue weighted by Crippen LogP contribution is 2.11. The van der Waals surface area contributed by atoms with Gasteiger partial charge < -0.3 is 10.4 Å². The number of hydrogen-bond donors (Lipinski definition) is 2. The predicted molar refractivity (Wildman–Crippen MR) is 69.6 cm³/mol. The third-order valence-corrected chi connectivity index (χ3v) is 2.72. The van der Waals surface area contributed by atoms with Crippen LogP contribution in [0.1, 0.15) is 44.6 Å². The summed E-state index contributed by atoms with van der Waals surface area (Å²) in [6.45, 7) is 3.38. The van der Waals surface area contributed by atoms with E-state index >= 15 is 0 Å². The Morgan fingerprint density at radius 1 is 1.12 bits per heavy atom. The van der Waals surface area contributed by atoms with Gasteiger partial charge in [0.15, 0.2) is 0 Å². The Kier molecular flexibility index (Phi) is 6.66. The zero-order valence-electron chi connectivity index (χ0n) is 10.2. The van der Waals surface area contributed by atoms with E-state index in [1.54, 1.807) is 0 Å². The number of anilines is 1. The van der Waals surface area contributed by atoms with Crippen molar-refractivity contribution in [3.8, 4) is 0 Å². The molecule has 1 rings (SSSR count). The van der Waals surface area contributed by atoms with Crippen molar-refractivity contribution in [2.75, 3.05) is 11.9 Å². The molecule has 2 nitrogen and oxygen atoms in total. The van der Waals surface area contributed by atoms with Gasteiger partial charge in [-0.25, -0.2) is 0 Å². The van der Waals surface area contributed by atoms with Crippen LogP contribution in [-0.2, 0) is 6.61 Å². The first kappa shape index (κ1) is 13.0. The van der Waals surface area contributed by atoms with E-state index in [-0.39, 0.29) is 6.61 Å². The third-order valence-electron chi connectivity index (χ3n) is 2.72. The Bertz CT molecular complexity index is 286. The highest BCUT2D eigenvalue weighted by Gasteiger charge is 1.94. The number of hydrogen-bond acceptors (Lipinski definition) is 2. The highest BCUT2D eigenvalue weighted by molar-refractivity contribution is 5.45. The zero-order valence-corrected chi connectivity index (χ0v) is 10.2. The fourth-order valence-electron chi connectivity index (χ4n) is 1.74. The van der Waals surface area contributed by atoms with Crippen molar-refractivity contribution in [1.82, 2.24) is 0 Å². The SMILES string of the molecule is CCCCCCCNc1cccc(CO)c1. The fraction of sp³-hybridized carbons (Fsp3) is 0.571. The summed E-state index contributed by atoms with van der Waals surface area (Å²) in [7, 11) is 0. The molecule has 0 atom stereocenters. The van der Waals surface area contributed by atoms with E-state index in [1.165, 1.54) is 32.1 Å². The second-order valence-electron chi connectivity index (χ2n) is 4.20. The molecule has 0 spiro atoms. The van der Waals surface area contributed by atoms with Crippen molar-refractivity contribution in [1.29, 1.82) is 0 Å². The van der Waals surface area contributed by atoms with Crippen LogP contribution in [0.3, 0.4) is 0 Å². The van der Waals surface area contributed by atoms with Gasteiger partial charge in [0.05, 0.1) is 6.61 Å². The first-order valence-electron chi connectivity index (χ1n) is 6.30. The van der Waals surface area contributed by atoms with Crippen molar-refractivity contribution < 1.29 is 5.11 Å². The molecule has 0 fully saturated rings. The lowest BCUT2D eigenvalue weighted by molar-refractivity contribution is 0.282. The van der Waals surface area contributed by atoms with Crippen LogP contribution in [0, 0.1) is 0 Å². The van der Waals surface area contributed by atoms with Crippen LogP contribution in [-0.4, -0.2) is 11.7 Å². The lowest BCUT2D eigenvalue weighted by Gasteiger charge is -2.07. The average Bonchev–Trinajstić information content (AvgIpc) is 2.34. The highest BCUT2D eigenvalue weighted by atomic mass is 16.3. The molecule has 0 saturated heterocycles. The van der Waals surface area contributed by atoms with Crippen LogP contribution in [0.4, 0.5) is 5.69 Å². The average molecular weight is 221 g/mol. The summed E-state index contributed by atoms with van der Waals surface area (Å²) < 4.78 is 0. The minimum absolute atomic E-state index is 0.117. The zero-order chi connectivity index (χ0) is 11.6. The summed E-state index contributed by atoms with van der Waals surface area (Å²) in [6, 6.07) is 7.97. The monoisotopic (exact) mass is 221 g/mol. The number of benzene rings is 1. The van der Waals surface area contributed by atoms with E-state index in [0.29, 0.717) is 0 Å². The fourth-order valence-corrected chi connectivity index (χ4v) is 1.74. The number of aliphatic hydroxyl groups is 1. The third kappa shape index (κ3) is 5.17. The first-order chi connectivity index (χ1) is 7.86. The quantitative estimate of drug-likeness (QED) is 0.658. The van der Waals surface area contributed by atoms with Crippen molar-refractivity contribution in [3.05, 3.63) is 29.8 Å². The molecule has 0 unspecified atom stereocenters. The second kappa shape index (κ2) is 8.17. The van der Waals surface area contributed by atoms with Crippen LogP contribution >= 0.6 is 0 Å². The van der Waals surface area contributed by atoms with Gasteiger partial charge in [0.25, 0.3) is 0 Å². The van der Waals surface area contributed by atoms with Crippen LogP contribution < -0.4 is 5.32 Å². The molecule has 2 heteroatoms. The molecular formula is C14H23NO. The summed E-state index contributed by atoms with van der Waals surface area (Å²) in [4.78, 5) is 0. The summed E-state index contributed by atoms with van der Waals surface area (Å²) in [5.41, 5.74) is 2.08. The molecule has 16 heavy (non-hydrogen) atoms. The van der Waals surface area contributed by atoms with Gasteiger partial charge in [-0.3, -0.25) is 0 Å². The molecule has 0 radical (unpaired) electrons. The molecule has 0 bridgehead atoms. The molecule has 0 aliphatic rings. The second-order valence-corrected chi connectivity index (χ2v) is 4.20. The lowest BCUT2D eigenvalue weighted by Crippen LogP contribution is -2.01. The summed E-state index contributed by atoms with van der Waals surface area (Å²) >= 11 is 0. The van der Waals surface area contributed by atoms with E-state index < -0.39 is 0 Å². The maximum Gasteiger partial charge on any atom is 0.0682 e. The van der Waals surface area contributed by atoms with Crippen LogP contribution in [0.2, 0.25) is 0 Å². The molecular weight excluding hydrogens is 198 g/mol. The van der Waals surface area contributed by atoms with Gasteiger partial charge in [0.1, 0.15) is 0 Å². The van der Waals surface area contributed by atoms with E-state index in [0.717, 1.165) is 17.8 Å². The van der Waals surface area contributed by atoms with Crippen LogP contribution in [0.25, 0.3) is 0 Å². The van der Waals surface area contributed by atoms with E-state index in [9.17, 15) is 0 Å². The maximum atomic E-state index is 9.00. The van der Waals surface area contributed by atoms with Crippen LogP contribution in [0.5, 0.6) is 0 Å². The normalized spacial score (nSPS) is 10.4. The van der Waals surface area contributed by atoms with Gasteiger partial charge in [-0.05, 0) is 24.1 Å². The number of aliphatic hydroxyl groups excluding tert-OH is 1. The van der Waals surface area contributed by atoms with Gasteiger partial charge in [-0.15, -0.1) is 0 Å². The molecule has 90 valence electrons. The molecule has 1 aromatic rings. The van der Waals surface area contributed by atoms with Crippen molar-refractivity contribution in [3.63, 3.8) is 0 Å². The summed E-state index contributed by atoms with van der Waals surface area (Å²) in [6.07, 6.45) is 6.52. The van der Waals surface area contributed by atoms with Crippen molar-refractivity contribution in [2.24, 2.45) is 0 Å². The molecule has 2 N–H and O–H groups in total. The van der Waals surface area contributed by atoms with Gasteiger partial charge in [0.2, 0.25) is 0 Å². The smallest absolute Gasteiger partial charge is 0.0682 e. The number of rotatable bonds is 8. The van der Waals surface area contributed by atoms with E-state index in [4.69, 9.17) is 5.11 Å². The summed E-state index contributed by atoms with van der Waals surface area (Å²) in [5.74, 6) is 0. The lowest BCUT2D eigenvalue weighted by atomic mass is 10.1. The Hall–Kier alpha value is -1.02. The largest absolute Gasteiger partial charge is 0.392 e. The molecule has 0 saturated carbocycles. The molecule has 0 aliphatic heterocycles.